The average molecular weight is 359 g/mol. The van der Waals surface area contributed by atoms with Crippen LogP contribution in [0.2, 0.25) is 10.0 Å². The number of hydrogen-bond acceptors (Lipinski definition) is 3. The van der Waals surface area contributed by atoms with Gasteiger partial charge >= 0.3 is 0 Å². The maximum atomic E-state index is 6.10. The van der Waals surface area contributed by atoms with E-state index in [0.29, 0.717) is 15.8 Å². The smallest absolute Gasteiger partial charge is 0.146 e. The Morgan fingerprint density at radius 2 is 2.04 bits per heavy atom. The second kappa shape index (κ2) is 6.19. The van der Waals surface area contributed by atoms with Crippen molar-refractivity contribution in [2.24, 2.45) is 0 Å². The second-order valence-electron chi connectivity index (χ2n) is 5.22. The summed E-state index contributed by atoms with van der Waals surface area (Å²) in [5, 5.41) is 1.05. The lowest BCUT2D eigenvalue weighted by Gasteiger charge is -2.06. The molecule has 0 spiro atoms. The van der Waals surface area contributed by atoms with Crippen molar-refractivity contribution >= 4 is 34.2 Å². The summed E-state index contributed by atoms with van der Waals surface area (Å²) in [6.07, 6.45) is 5.39. The summed E-state index contributed by atoms with van der Waals surface area (Å²) in [5.74, 6) is 1.29. The van der Waals surface area contributed by atoms with Crippen LogP contribution in [0.25, 0.3) is 16.7 Å². The Kier molecular flexibility index (Phi) is 3.88. The molecule has 0 radical (unpaired) electrons. The summed E-state index contributed by atoms with van der Waals surface area (Å²) in [4.78, 5) is 11.8. The Morgan fingerprint density at radius 3 is 2.83 bits per heavy atom. The molecule has 0 aliphatic rings. The highest BCUT2D eigenvalue weighted by Crippen LogP contribution is 2.28. The van der Waals surface area contributed by atoms with E-state index in [2.05, 4.69) is 15.0 Å². The molecule has 7 heteroatoms. The van der Waals surface area contributed by atoms with E-state index < -0.39 is 0 Å². The lowest BCUT2D eigenvalue weighted by molar-refractivity contribution is 0.298. The molecule has 4 aromatic rings. The molecule has 0 saturated heterocycles. The topological polar surface area (TPSA) is 55.7 Å². The van der Waals surface area contributed by atoms with Gasteiger partial charge in [-0.15, -0.1) is 0 Å². The number of nitrogens with zero attached hydrogens (tertiary/aromatic N) is 3. The highest BCUT2D eigenvalue weighted by atomic mass is 35.5. The first-order chi connectivity index (χ1) is 11.7. The molecular formula is C17H12Cl2N4O. The van der Waals surface area contributed by atoms with Gasteiger partial charge in [0.05, 0.1) is 22.4 Å². The summed E-state index contributed by atoms with van der Waals surface area (Å²) in [7, 11) is 0. The number of H-pyrrole nitrogens is 1. The van der Waals surface area contributed by atoms with E-state index in [0.717, 1.165) is 22.5 Å². The molecule has 0 atom stereocenters. The van der Waals surface area contributed by atoms with Crippen LogP contribution in [0.4, 0.5) is 0 Å². The van der Waals surface area contributed by atoms with Crippen LogP contribution in [0.3, 0.4) is 0 Å². The predicted molar refractivity (Wildman–Crippen MR) is 94.0 cm³/mol. The van der Waals surface area contributed by atoms with Crippen LogP contribution in [0.5, 0.6) is 5.75 Å². The van der Waals surface area contributed by atoms with Gasteiger partial charge in [0.1, 0.15) is 18.2 Å². The average Bonchev–Trinajstić information content (AvgIpc) is 3.22. The van der Waals surface area contributed by atoms with Crippen molar-refractivity contribution in [3.05, 3.63) is 71.0 Å². The van der Waals surface area contributed by atoms with Gasteiger partial charge in [-0.05, 0) is 36.4 Å². The number of fused-ring (bicyclic) bond motifs is 1. The van der Waals surface area contributed by atoms with Crippen molar-refractivity contribution < 1.29 is 4.74 Å². The molecule has 2 heterocycles. The van der Waals surface area contributed by atoms with E-state index in [1.807, 2.05) is 29.0 Å². The molecule has 0 unspecified atom stereocenters. The normalized spacial score (nSPS) is 11.1. The minimum Gasteiger partial charge on any atom is -0.484 e. The number of imidazole rings is 2. The summed E-state index contributed by atoms with van der Waals surface area (Å²) in [6, 6.07) is 11.1. The second-order valence-corrected chi connectivity index (χ2v) is 6.06. The zero-order valence-electron chi connectivity index (χ0n) is 12.4. The molecule has 120 valence electrons. The number of rotatable bonds is 4. The zero-order chi connectivity index (χ0) is 16.5. The SMILES string of the molecule is Clc1ccc(OCc2nc3ccc(-n4ccnc4)cc3[nH]2)c(Cl)c1. The van der Waals surface area contributed by atoms with Crippen molar-refractivity contribution in [2.75, 3.05) is 0 Å². The molecule has 2 aromatic carbocycles. The molecule has 24 heavy (non-hydrogen) atoms. The molecule has 0 fully saturated rings. The fourth-order valence-corrected chi connectivity index (χ4v) is 2.89. The predicted octanol–water partition coefficient (Wildman–Crippen LogP) is 4.63. The third-order valence-corrected chi connectivity index (χ3v) is 4.11. The Morgan fingerprint density at radius 1 is 1.12 bits per heavy atom. The Labute approximate surface area is 147 Å². The number of ether oxygens (including phenoxy) is 1. The summed E-state index contributed by atoms with van der Waals surface area (Å²) >= 11 is 12.0. The van der Waals surface area contributed by atoms with E-state index in [-0.39, 0.29) is 6.61 Å². The van der Waals surface area contributed by atoms with Gasteiger partial charge in [-0.1, -0.05) is 23.2 Å². The lowest BCUT2D eigenvalue weighted by Crippen LogP contribution is -1.97. The molecule has 1 N–H and O–H groups in total. The van der Waals surface area contributed by atoms with E-state index in [4.69, 9.17) is 27.9 Å². The standard InChI is InChI=1S/C17H12Cl2N4O/c18-11-1-4-16(13(19)7-11)24-9-17-21-14-3-2-12(8-15(14)22-17)23-6-5-20-10-23/h1-8,10H,9H2,(H,21,22). The van der Waals surface area contributed by atoms with Crippen molar-refractivity contribution in [3.63, 3.8) is 0 Å². The van der Waals surface area contributed by atoms with Crippen LogP contribution in [0, 0.1) is 0 Å². The van der Waals surface area contributed by atoms with E-state index in [1.54, 1.807) is 30.7 Å². The molecule has 0 saturated carbocycles. The lowest BCUT2D eigenvalue weighted by atomic mass is 10.3. The Balaban J connectivity index is 1.56. The van der Waals surface area contributed by atoms with Gasteiger partial charge in [-0.3, -0.25) is 0 Å². The van der Waals surface area contributed by atoms with Crippen molar-refractivity contribution in [1.82, 2.24) is 19.5 Å². The number of halogens is 2. The summed E-state index contributed by atoms with van der Waals surface area (Å²) in [6.45, 7) is 0.288. The van der Waals surface area contributed by atoms with Crippen LogP contribution < -0.4 is 4.74 Å². The highest BCUT2D eigenvalue weighted by Gasteiger charge is 2.07. The van der Waals surface area contributed by atoms with Crippen molar-refractivity contribution in [3.8, 4) is 11.4 Å². The zero-order valence-corrected chi connectivity index (χ0v) is 13.9. The van der Waals surface area contributed by atoms with Crippen molar-refractivity contribution in [1.29, 1.82) is 0 Å². The number of aromatic nitrogens is 4. The van der Waals surface area contributed by atoms with Gasteiger partial charge in [-0.2, -0.15) is 0 Å². The van der Waals surface area contributed by atoms with Crippen LogP contribution in [-0.4, -0.2) is 19.5 Å². The fourth-order valence-electron chi connectivity index (χ4n) is 2.43. The van der Waals surface area contributed by atoms with E-state index in [1.165, 1.54) is 0 Å². The minimum absolute atomic E-state index is 0.288. The van der Waals surface area contributed by atoms with E-state index in [9.17, 15) is 0 Å². The van der Waals surface area contributed by atoms with E-state index >= 15 is 0 Å². The quantitative estimate of drug-likeness (QED) is 0.578. The van der Waals surface area contributed by atoms with Gasteiger partial charge in [-0.25, -0.2) is 9.97 Å². The van der Waals surface area contributed by atoms with Gasteiger partial charge < -0.3 is 14.3 Å². The Bertz CT molecular complexity index is 995. The summed E-state index contributed by atoms with van der Waals surface area (Å²) in [5.41, 5.74) is 2.82. The first-order valence-corrected chi connectivity index (χ1v) is 7.99. The van der Waals surface area contributed by atoms with Gasteiger partial charge in [0, 0.05) is 23.1 Å². The largest absolute Gasteiger partial charge is 0.484 e. The van der Waals surface area contributed by atoms with Crippen LogP contribution >= 0.6 is 23.2 Å². The number of benzene rings is 2. The maximum Gasteiger partial charge on any atom is 0.146 e. The molecule has 2 aromatic heterocycles. The number of aromatic amines is 1. The van der Waals surface area contributed by atoms with Gasteiger partial charge in [0.15, 0.2) is 0 Å². The fraction of sp³-hybridized carbons (Fsp3) is 0.0588. The molecule has 0 amide bonds. The van der Waals surface area contributed by atoms with Gasteiger partial charge in [0.25, 0.3) is 0 Å². The number of nitrogens with one attached hydrogen (secondary N) is 1. The molecule has 0 bridgehead atoms. The third-order valence-electron chi connectivity index (χ3n) is 3.58. The number of hydrogen-bond donors (Lipinski definition) is 1. The third kappa shape index (κ3) is 2.96. The highest BCUT2D eigenvalue weighted by molar-refractivity contribution is 6.35. The molecular weight excluding hydrogens is 347 g/mol. The first-order valence-electron chi connectivity index (χ1n) is 7.24. The van der Waals surface area contributed by atoms with Crippen LogP contribution in [-0.2, 0) is 6.61 Å². The van der Waals surface area contributed by atoms with Crippen LogP contribution in [0.1, 0.15) is 5.82 Å². The monoisotopic (exact) mass is 358 g/mol. The molecule has 4 rings (SSSR count). The Hall–Kier alpha value is -2.50. The van der Waals surface area contributed by atoms with Gasteiger partial charge in [0.2, 0.25) is 0 Å². The summed E-state index contributed by atoms with van der Waals surface area (Å²) < 4.78 is 7.64. The van der Waals surface area contributed by atoms with Crippen LogP contribution in [0.15, 0.2) is 55.1 Å². The molecule has 5 nitrogen and oxygen atoms in total. The molecule has 0 aliphatic carbocycles. The molecule has 0 aliphatic heterocycles. The maximum absolute atomic E-state index is 6.10. The minimum atomic E-state index is 0.288. The first kappa shape index (κ1) is 15.1. The van der Waals surface area contributed by atoms with Crippen molar-refractivity contribution in [2.45, 2.75) is 6.61 Å².